The molecule has 1 aromatic carbocycles. The molecule has 0 saturated heterocycles. The highest BCUT2D eigenvalue weighted by Crippen LogP contribution is 2.25. The summed E-state index contributed by atoms with van der Waals surface area (Å²) in [7, 11) is 0. The number of hydrogen-bond acceptors (Lipinski definition) is 3. The molecular formula is C26H35FO3. The van der Waals surface area contributed by atoms with Gasteiger partial charge >= 0.3 is 5.63 Å². The standard InChI is InChI=1S/C26H35FO3/c1-3-5-7-9-11-12-14-16-22-20-21-17-18-23(25(27)24(21)26(28)30-22)29-19-15-13-10-8-6-4-2/h4,10,13,17-18,20H,2-3,5-9,11-12,14-16,19H2,1H3/b13-10+. The molecule has 1 heterocycles. The lowest BCUT2D eigenvalue weighted by atomic mass is 10.1. The van der Waals surface area contributed by atoms with Crippen LogP contribution in [0.2, 0.25) is 0 Å². The molecule has 4 heteroatoms. The van der Waals surface area contributed by atoms with Crippen molar-refractivity contribution in [2.45, 2.75) is 77.6 Å². The summed E-state index contributed by atoms with van der Waals surface area (Å²) in [5.41, 5.74) is -0.627. The molecule has 2 aromatic rings. The first-order valence-electron chi connectivity index (χ1n) is 11.3. The molecule has 0 N–H and O–H groups in total. The summed E-state index contributed by atoms with van der Waals surface area (Å²) in [6.07, 6.45) is 17.6. The lowest BCUT2D eigenvalue weighted by Gasteiger charge is -2.08. The Kier molecular flexibility index (Phi) is 11.0. The number of allylic oxidation sites excluding steroid dienone is 2. The number of unbranched alkanes of at least 4 members (excludes halogenated alkanes) is 7. The van der Waals surface area contributed by atoms with Gasteiger partial charge in [0, 0.05) is 6.42 Å². The van der Waals surface area contributed by atoms with E-state index in [0.717, 1.165) is 25.7 Å². The van der Waals surface area contributed by atoms with Crippen LogP contribution in [0.15, 0.2) is 52.2 Å². The van der Waals surface area contributed by atoms with Crippen molar-refractivity contribution in [3.05, 3.63) is 65.0 Å². The second kappa shape index (κ2) is 13.8. The summed E-state index contributed by atoms with van der Waals surface area (Å²) in [5, 5.41) is 0.538. The summed E-state index contributed by atoms with van der Waals surface area (Å²) in [6.45, 7) is 6.25. The molecular weight excluding hydrogens is 379 g/mol. The van der Waals surface area contributed by atoms with Crippen LogP contribution in [0.25, 0.3) is 10.8 Å². The van der Waals surface area contributed by atoms with E-state index in [1.807, 2.05) is 12.2 Å². The monoisotopic (exact) mass is 414 g/mol. The fraction of sp³-hybridized carbons (Fsp3) is 0.500. The molecule has 0 aliphatic rings. The van der Waals surface area contributed by atoms with Crippen LogP contribution < -0.4 is 10.4 Å². The number of halogens is 1. The molecule has 0 amide bonds. The van der Waals surface area contributed by atoms with Crippen molar-refractivity contribution in [3.63, 3.8) is 0 Å². The molecule has 164 valence electrons. The molecule has 0 bridgehead atoms. The van der Waals surface area contributed by atoms with Gasteiger partial charge in [0.2, 0.25) is 0 Å². The summed E-state index contributed by atoms with van der Waals surface area (Å²) in [4.78, 5) is 12.4. The molecule has 0 radical (unpaired) electrons. The van der Waals surface area contributed by atoms with Crippen LogP contribution in [-0.4, -0.2) is 6.61 Å². The fourth-order valence-corrected chi connectivity index (χ4v) is 3.45. The molecule has 0 aliphatic heterocycles. The normalized spacial score (nSPS) is 11.4. The summed E-state index contributed by atoms with van der Waals surface area (Å²) < 4.78 is 25.7. The number of aryl methyl sites for hydroxylation is 1. The van der Waals surface area contributed by atoms with Crippen molar-refractivity contribution in [2.24, 2.45) is 0 Å². The predicted octanol–water partition coefficient (Wildman–Crippen LogP) is 7.52. The summed E-state index contributed by atoms with van der Waals surface area (Å²) in [6, 6.07) is 5.11. The van der Waals surface area contributed by atoms with E-state index in [-0.39, 0.29) is 11.1 Å². The number of hydrogen-bond donors (Lipinski definition) is 0. The fourth-order valence-electron chi connectivity index (χ4n) is 3.45. The van der Waals surface area contributed by atoms with E-state index < -0.39 is 11.4 Å². The van der Waals surface area contributed by atoms with Gasteiger partial charge in [-0.2, -0.15) is 0 Å². The Labute approximate surface area is 179 Å². The maximum atomic E-state index is 14.8. The first kappa shape index (κ1) is 23.9. The van der Waals surface area contributed by atoms with Crippen molar-refractivity contribution >= 4 is 10.8 Å². The zero-order chi connectivity index (χ0) is 21.6. The molecule has 30 heavy (non-hydrogen) atoms. The minimum atomic E-state index is -0.639. The Morgan fingerprint density at radius 1 is 1.03 bits per heavy atom. The predicted molar refractivity (Wildman–Crippen MR) is 123 cm³/mol. The molecule has 0 atom stereocenters. The molecule has 3 nitrogen and oxygen atoms in total. The first-order chi connectivity index (χ1) is 14.7. The Morgan fingerprint density at radius 2 is 1.77 bits per heavy atom. The molecule has 0 unspecified atom stereocenters. The van der Waals surface area contributed by atoms with E-state index in [9.17, 15) is 9.18 Å². The van der Waals surface area contributed by atoms with Crippen molar-refractivity contribution in [3.8, 4) is 5.75 Å². The van der Waals surface area contributed by atoms with Crippen LogP contribution in [0.3, 0.4) is 0 Å². The van der Waals surface area contributed by atoms with E-state index >= 15 is 0 Å². The van der Waals surface area contributed by atoms with Gasteiger partial charge in [-0.05, 0) is 43.2 Å². The number of rotatable bonds is 15. The van der Waals surface area contributed by atoms with Gasteiger partial charge in [-0.3, -0.25) is 0 Å². The average molecular weight is 415 g/mol. The van der Waals surface area contributed by atoms with Gasteiger partial charge in [0.1, 0.15) is 11.1 Å². The maximum Gasteiger partial charge on any atom is 0.346 e. The molecule has 0 saturated carbocycles. The van der Waals surface area contributed by atoms with Gasteiger partial charge in [-0.25, -0.2) is 9.18 Å². The van der Waals surface area contributed by atoms with Gasteiger partial charge in [-0.15, -0.1) is 6.58 Å². The van der Waals surface area contributed by atoms with Gasteiger partial charge in [0.15, 0.2) is 11.6 Å². The van der Waals surface area contributed by atoms with Crippen molar-refractivity contribution in [2.75, 3.05) is 6.61 Å². The second-order valence-electron chi connectivity index (χ2n) is 7.69. The van der Waals surface area contributed by atoms with Crippen molar-refractivity contribution in [1.29, 1.82) is 0 Å². The minimum Gasteiger partial charge on any atom is -0.490 e. The van der Waals surface area contributed by atoms with E-state index in [2.05, 4.69) is 19.6 Å². The largest absolute Gasteiger partial charge is 0.490 e. The highest BCUT2D eigenvalue weighted by atomic mass is 19.1. The van der Waals surface area contributed by atoms with Crippen LogP contribution in [0.1, 0.15) is 76.9 Å². The van der Waals surface area contributed by atoms with Gasteiger partial charge in [0.25, 0.3) is 0 Å². The lowest BCUT2D eigenvalue weighted by molar-refractivity contribution is 0.309. The van der Waals surface area contributed by atoms with E-state index in [0.29, 0.717) is 30.6 Å². The van der Waals surface area contributed by atoms with Crippen LogP contribution in [0.5, 0.6) is 5.75 Å². The van der Waals surface area contributed by atoms with Crippen molar-refractivity contribution < 1.29 is 13.5 Å². The Bertz CT molecular complexity index is 866. The first-order valence-corrected chi connectivity index (χ1v) is 11.3. The maximum absolute atomic E-state index is 14.8. The molecule has 2 rings (SSSR count). The molecule has 1 aromatic heterocycles. The number of ether oxygens (including phenoxy) is 1. The third-order valence-corrected chi connectivity index (χ3v) is 5.16. The van der Waals surface area contributed by atoms with Gasteiger partial charge in [0.05, 0.1) is 6.61 Å². The Morgan fingerprint density at radius 3 is 2.53 bits per heavy atom. The Hall–Kier alpha value is -2.36. The second-order valence-corrected chi connectivity index (χ2v) is 7.69. The quantitative estimate of drug-likeness (QED) is 0.223. The van der Waals surface area contributed by atoms with Gasteiger partial charge < -0.3 is 9.15 Å². The lowest BCUT2D eigenvalue weighted by Crippen LogP contribution is -2.07. The zero-order valence-electron chi connectivity index (χ0n) is 18.3. The molecule has 0 aliphatic carbocycles. The van der Waals surface area contributed by atoms with Crippen LogP contribution in [-0.2, 0) is 6.42 Å². The third kappa shape index (κ3) is 7.81. The van der Waals surface area contributed by atoms with E-state index in [4.69, 9.17) is 9.15 Å². The number of benzene rings is 1. The van der Waals surface area contributed by atoms with Crippen LogP contribution >= 0.6 is 0 Å². The van der Waals surface area contributed by atoms with Gasteiger partial charge in [-0.1, -0.05) is 69.7 Å². The third-order valence-electron chi connectivity index (χ3n) is 5.16. The summed E-state index contributed by atoms with van der Waals surface area (Å²) in [5.74, 6) is 0.0762. The van der Waals surface area contributed by atoms with E-state index in [1.165, 1.54) is 32.1 Å². The molecule has 0 spiro atoms. The smallest absolute Gasteiger partial charge is 0.346 e. The zero-order valence-corrected chi connectivity index (χ0v) is 18.3. The Balaban J connectivity index is 1.91. The van der Waals surface area contributed by atoms with Crippen LogP contribution in [0.4, 0.5) is 4.39 Å². The highest BCUT2D eigenvalue weighted by Gasteiger charge is 2.14. The average Bonchev–Trinajstić information content (AvgIpc) is 2.73. The summed E-state index contributed by atoms with van der Waals surface area (Å²) >= 11 is 0. The number of fused-ring (bicyclic) bond motifs is 1. The SMILES string of the molecule is C=CCC/C=C/CCOc1ccc2cc(CCCCCCCCC)oc(=O)c2c1F. The molecule has 0 fully saturated rings. The topological polar surface area (TPSA) is 39.4 Å². The highest BCUT2D eigenvalue weighted by molar-refractivity contribution is 5.83. The van der Waals surface area contributed by atoms with E-state index in [1.54, 1.807) is 18.2 Å². The van der Waals surface area contributed by atoms with Crippen LogP contribution in [0, 0.1) is 5.82 Å². The van der Waals surface area contributed by atoms with Crippen molar-refractivity contribution in [1.82, 2.24) is 0 Å². The minimum absolute atomic E-state index is 0.0302.